The molecule has 0 aliphatic heterocycles. The first-order chi connectivity index (χ1) is 10.5. The molecule has 0 aliphatic rings. The molecule has 0 radical (unpaired) electrons. The van der Waals surface area contributed by atoms with Crippen molar-refractivity contribution in [2.24, 2.45) is 0 Å². The van der Waals surface area contributed by atoms with Gasteiger partial charge in [0.1, 0.15) is 5.15 Å². The molecule has 3 aromatic rings. The highest BCUT2D eigenvalue weighted by molar-refractivity contribution is 6.34. The lowest BCUT2D eigenvalue weighted by Gasteiger charge is -2.08. The van der Waals surface area contributed by atoms with Crippen LogP contribution in [-0.4, -0.2) is 15.8 Å². The highest BCUT2D eigenvalue weighted by Crippen LogP contribution is 2.33. The minimum Gasteiger partial charge on any atom is -0.299 e. The predicted octanol–water partition coefficient (Wildman–Crippen LogP) is 4.31. The van der Waals surface area contributed by atoms with Crippen LogP contribution in [0.1, 0.15) is 15.9 Å². The summed E-state index contributed by atoms with van der Waals surface area (Å²) in [6.07, 6.45) is 0.698. The van der Waals surface area contributed by atoms with Crippen molar-refractivity contribution in [2.45, 2.75) is 6.92 Å². The van der Waals surface area contributed by atoms with E-state index < -0.39 is 4.92 Å². The van der Waals surface area contributed by atoms with Gasteiger partial charge in [0.2, 0.25) is 0 Å². The molecule has 0 N–H and O–H groups in total. The van der Waals surface area contributed by atoms with Crippen molar-refractivity contribution >= 4 is 34.5 Å². The molecular weight excluding hydrogens is 304 g/mol. The van der Waals surface area contributed by atoms with Crippen LogP contribution in [0.15, 0.2) is 42.5 Å². The zero-order valence-electron chi connectivity index (χ0n) is 11.6. The summed E-state index contributed by atoms with van der Waals surface area (Å²) in [4.78, 5) is 22.0. The third-order valence-electron chi connectivity index (χ3n) is 3.62. The van der Waals surface area contributed by atoms with E-state index in [0.717, 1.165) is 5.52 Å². The number of carbonyl (C=O) groups is 1. The lowest BCUT2D eigenvalue weighted by Crippen LogP contribution is -1.98. The molecule has 2 aromatic carbocycles. The first-order valence-corrected chi connectivity index (χ1v) is 6.92. The van der Waals surface area contributed by atoms with Crippen LogP contribution in [0.25, 0.3) is 16.6 Å². The van der Waals surface area contributed by atoms with Crippen molar-refractivity contribution < 1.29 is 9.72 Å². The van der Waals surface area contributed by atoms with Crippen LogP contribution in [0.4, 0.5) is 5.69 Å². The van der Waals surface area contributed by atoms with Gasteiger partial charge in [-0.05, 0) is 19.1 Å². The maximum atomic E-state index is 11.3. The van der Waals surface area contributed by atoms with Crippen molar-refractivity contribution in [3.05, 3.63) is 68.9 Å². The maximum absolute atomic E-state index is 11.3. The number of aromatic nitrogens is 1. The summed E-state index contributed by atoms with van der Waals surface area (Å²) in [6.45, 7) is 1.67. The molecule has 22 heavy (non-hydrogen) atoms. The third kappa shape index (κ3) is 2.07. The van der Waals surface area contributed by atoms with Gasteiger partial charge in [-0.2, -0.15) is 0 Å². The normalized spacial score (nSPS) is 10.8. The van der Waals surface area contributed by atoms with Crippen LogP contribution >= 0.6 is 11.6 Å². The number of aryl methyl sites for hydroxylation is 1. The number of fused-ring (bicyclic) bond motifs is 1. The Kier molecular flexibility index (Phi) is 3.42. The Morgan fingerprint density at radius 3 is 2.64 bits per heavy atom. The fourth-order valence-corrected chi connectivity index (χ4v) is 2.87. The fraction of sp³-hybridized carbons (Fsp3) is 0.0625. The number of halogens is 1. The first-order valence-electron chi connectivity index (χ1n) is 6.54. The monoisotopic (exact) mass is 314 g/mol. The molecule has 0 amide bonds. The SMILES string of the molecule is Cc1ccc(-n2c(Cl)c(C=O)c3ccccc32)cc1[N+](=O)[O-]. The zero-order chi connectivity index (χ0) is 15.9. The third-order valence-corrected chi connectivity index (χ3v) is 3.99. The molecule has 0 spiro atoms. The van der Waals surface area contributed by atoms with Gasteiger partial charge < -0.3 is 0 Å². The number of aldehydes is 1. The van der Waals surface area contributed by atoms with E-state index in [2.05, 4.69) is 0 Å². The summed E-state index contributed by atoms with van der Waals surface area (Å²) >= 11 is 6.32. The van der Waals surface area contributed by atoms with Gasteiger partial charge in [0.05, 0.1) is 21.7 Å². The molecule has 0 unspecified atom stereocenters. The molecule has 6 heteroatoms. The van der Waals surface area contributed by atoms with Crippen LogP contribution < -0.4 is 0 Å². The molecule has 1 aromatic heterocycles. The number of benzene rings is 2. The molecule has 0 bridgehead atoms. The molecule has 0 fully saturated rings. The summed E-state index contributed by atoms with van der Waals surface area (Å²) in [5.41, 5.74) is 2.23. The molecule has 0 saturated carbocycles. The van der Waals surface area contributed by atoms with Crippen molar-refractivity contribution in [2.75, 3.05) is 0 Å². The summed E-state index contributed by atoms with van der Waals surface area (Å²) in [5.74, 6) is 0. The van der Waals surface area contributed by atoms with E-state index in [1.807, 2.05) is 18.2 Å². The van der Waals surface area contributed by atoms with Gasteiger partial charge in [0.25, 0.3) is 5.69 Å². The molecule has 5 nitrogen and oxygen atoms in total. The van der Waals surface area contributed by atoms with Crippen LogP contribution in [0, 0.1) is 17.0 Å². The van der Waals surface area contributed by atoms with E-state index in [4.69, 9.17) is 11.6 Å². The maximum Gasteiger partial charge on any atom is 0.274 e. The Morgan fingerprint density at radius 2 is 1.95 bits per heavy atom. The molecule has 3 rings (SSSR count). The van der Waals surface area contributed by atoms with Crippen molar-refractivity contribution in [1.29, 1.82) is 0 Å². The predicted molar refractivity (Wildman–Crippen MR) is 85.1 cm³/mol. The van der Waals surface area contributed by atoms with E-state index in [1.54, 1.807) is 29.7 Å². The largest absolute Gasteiger partial charge is 0.299 e. The number of nitro benzene ring substituents is 1. The van der Waals surface area contributed by atoms with Gasteiger partial charge in [-0.1, -0.05) is 35.9 Å². The number of nitro groups is 1. The molecule has 0 saturated heterocycles. The van der Waals surface area contributed by atoms with Crippen LogP contribution in [0.3, 0.4) is 0 Å². The summed E-state index contributed by atoms with van der Waals surface area (Å²) < 4.78 is 1.65. The molecule has 1 heterocycles. The van der Waals surface area contributed by atoms with Gasteiger partial charge >= 0.3 is 0 Å². The number of hydrogen-bond acceptors (Lipinski definition) is 3. The van der Waals surface area contributed by atoms with E-state index >= 15 is 0 Å². The minimum atomic E-state index is -0.431. The van der Waals surface area contributed by atoms with Crippen molar-refractivity contribution in [3.63, 3.8) is 0 Å². The van der Waals surface area contributed by atoms with Crippen molar-refractivity contribution in [1.82, 2.24) is 4.57 Å². The smallest absolute Gasteiger partial charge is 0.274 e. The second-order valence-electron chi connectivity index (χ2n) is 4.90. The van der Waals surface area contributed by atoms with Crippen molar-refractivity contribution in [3.8, 4) is 5.69 Å². The van der Waals surface area contributed by atoms with Gasteiger partial charge in [-0.3, -0.25) is 19.5 Å². The lowest BCUT2D eigenvalue weighted by molar-refractivity contribution is -0.385. The summed E-state index contributed by atoms with van der Waals surface area (Å²) in [6, 6.07) is 12.1. The average Bonchev–Trinajstić information content (AvgIpc) is 2.79. The Bertz CT molecular complexity index is 915. The second-order valence-corrected chi connectivity index (χ2v) is 5.26. The quantitative estimate of drug-likeness (QED) is 0.411. The Hall–Kier alpha value is -2.66. The number of rotatable bonds is 3. The Balaban J connectivity index is 2.36. The average molecular weight is 315 g/mol. The topological polar surface area (TPSA) is 65.1 Å². The standard InChI is InChI=1S/C16H11ClN2O3/c1-10-6-7-11(8-15(10)19(21)22)18-14-5-3-2-4-12(14)13(9-20)16(18)17/h2-9H,1H3. The van der Waals surface area contributed by atoms with E-state index in [-0.39, 0.29) is 10.8 Å². The van der Waals surface area contributed by atoms with Gasteiger partial charge in [0.15, 0.2) is 6.29 Å². The summed E-state index contributed by atoms with van der Waals surface area (Å²) in [7, 11) is 0. The zero-order valence-corrected chi connectivity index (χ0v) is 12.4. The number of para-hydroxylation sites is 1. The highest BCUT2D eigenvalue weighted by atomic mass is 35.5. The fourth-order valence-electron chi connectivity index (χ4n) is 2.53. The number of carbonyl (C=O) groups excluding carboxylic acids is 1. The van der Waals surface area contributed by atoms with E-state index in [1.165, 1.54) is 6.07 Å². The molecule has 110 valence electrons. The van der Waals surface area contributed by atoms with Crippen LogP contribution in [0.5, 0.6) is 0 Å². The number of hydrogen-bond donors (Lipinski definition) is 0. The minimum absolute atomic E-state index is 0.0130. The van der Waals surface area contributed by atoms with Crippen LogP contribution in [-0.2, 0) is 0 Å². The van der Waals surface area contributed by atoms with Gasteiger partial charge in [0, 0.05) is 17.0 Å². The van der Waals surface area contributed by atoms with Gasteiger partial charge in [-0.25, -0.2) is 0 Å². The molecule has 0 aliphatic carbocycles. The van der Waals surface area contributed by atoms with E-state index in [0.29, 0.717) is 28.5 Å². The highest BCUT2D eigenvalue weighted by Gasteiger charge is 2.18. The Morgan fingerprint density at radius 1 is 1.23 bits per heavy atom. The van der Waals surface area contributed by atoms with E-state index in [9.17, 15) is 14.9 Å². The number of nitrogens with zero attached hydrogens (tertiary/aromatic N) is 2. The first kappa shape index (κ1) is 14.3. The molecular formula is C16H11ClN2O3. The summed E-state index contributed by atoms with van der Waals surface area (Å²) in [5, 5.41) is 12.1. The van der Waals surface area contributed by atoms with Gasteiger partial charge in [-0.15, -0.1) is 0 Å². The lowest BCUT2D eigenvalue weighted by atomic mass is 10.2. The molecule has 0 atom stereocenters. The van der Waals surface area contributed by atoms with Crippen LogP contribution in [0.2, 0.25) is 5.15 Å². The Labute approximate surface area is 130 Å². The second kappa shape index (κ2) is 5.27.